The molecule has 9 heteroatoms. The summed E-state index contributed by atoms with van der Waals surface area (Å²) in [6, 6.07) is 1.65. The molecule has 0 aromatic carbocycles. The van der Waals surface area contributed by atoms with E-state index in [1.165, 1.54) is 11.3 Å². The fourth-order valence-electron chi connectivity index (χ4n) is 2.88. The van der Waals surface area contributed by atoms with Gasteiger partial charge in [0.25, 0.3) is 0 Å². The number of carbonyl (C=O) groups is 1. The lowest BCUT2D eigenvalue weighted by atomic mass is 10.2. The lowest BCUT2D eigenvalue weighted by Crippen LogP contribution is -2.30. The molecular formula is C19H25N7OS. The van der Waals surface area contributed by atoms with Gasteiger partial charge in [-0.3, -0.25) is 5.32 Å². The molecule has 3 heterocycles. The van der Waals surface area contributed by atoms with Crippen LogP contribution < -0.4 is 10.6 Å². The van der Waals surface area contributed by atoms with Crippen molar-refractivity contribution in [3.05, 3.63) is 41.5 Å². The molecule has 2 amide bonds. The minimum absolute atomic E-state index is 0.275. The van der Waals surface area contributed by atoms with Gasteiger partial charge in [-0.25, -0.2) is 24.7 Å². The largest absolute Gasteiger partial charge is 0.337 e. The molecule has 3 rings (SSSR count). The van der Waals surface area contributed by atoms with Crippen LogP contribution in [0.4, 0.5) is 9.93 Å². The summed E-state index contributed by atoms with van der Waals surface area (Å²) in [6.07, 6.45) is 5.60. The molecule has 0 radical (unpaired) electrons. The molecule has 0 atom stereocenters. The van der Waals surface area contributed by atoms with Crippen molar-refractivity contribution in [3.63, 3.8) is 0 Å². The molecule has 28 heavy (non-hydrogen) atoms. The van der Waals surface area contributed by atoms with Crippen molar-refractivity contribution in [3.8, 4) is 10.6 Å². The first-order chi connectivity index (χ1) is 13.4. The van der Waals surface area contributed by atoms with Crippen molar-refractivity contribution >= 4 is 22.5 Å². The number of imidazole rings is 1. The van der Waals surface area contributed by atoms with Crippen molar-refractivity contribution in [1.29, 1.82) is 0 Å². The highest BCUT2D eigenvalue weighted by molar-refractivity contribution is 7.19. The van der Waals surface area contributed by atoms with Crippen molar-refractivity contribution in [2.45, 2.75) is 47.1 Å². The van der Waals surface area contributed by atoms with Gasteiger partial charge in [-0.15, -0.1) is 0 Å². The second-order valence-electron chi connectivity index (χ2n) is 6.61. The molecule has 0 unspecified atom stereocenters. The molecule has 0 aliphatic carbocycles. The third kappa shape index (κ3) is 5.13. The summed E-state index contributed by atoms with van der Waals surface area (Å²) in [7, 11) is 0. The van der Waals surface area contributed by atoms with Gasteiger partial charge in [-0.1, -0.05) is 18.3 Å². The summed E-state index contributed by atoms with van der Waals surface area (Å²) < 4.78 is 2.06. The van der Waals surface area contributed by atoms with Crippen molar-refractivity contribution < 1.29 is 4.79 Å². The van der Waals surface area contributed by atoms with Gasteiger partial charge in [0.05, 0.1) is 28.3 Å². The number of aryl methyl sites for hydroxylation is 4. The van der Waals surface area contributed by atoms with Crippen molar-refractivity contribution in [2.24, 2.45) is 0 Å². The predicted molar refractivity (Wildman–Crippen MR) is 111 cm³/mol. The molecule has 0 bridgehead atoms. The molecule has 0 saturated heterocycles. The number of nitrogens with zero attached hydrogens (tertiary/aromatic N) is 5. The van der Waals surface area contributed by atoms with Gasteiger partial charge in [0.1, 0.15) is 5.82 Å². The number of hydrogen-bond donors (Lipinski definition) is 2. The Bertz CT molecular complexity index is 943. The average Bonchev–Trinajstić information content (AvgIpc) is 3.21. The minimum atomic E-state index is -0.275. The standard InChI is InChI=1S/C19H25N7OS/c1-5-8-26-10-15(21-11-26)6-7-20-18(27)25-19-23-13(3)17(28-19)16-9-12(2)22-14(4)24-16/h9-11H,5-8H2,1-4H3,(H2,20,23,25,27). The van der Waals surface area contributed by atoms with Gasteiger partial charge in [0.15, 0.2) is 5.13 Å². The van der Waals surface area contributed by atoms with E-state index in [0.29, 0.717) is 18.1 Å². The molecule has 0 aliphatic heterocycles. The summed E-state index contributed by atoms with van der Waals surface area (Å²) >= 11 is 1.41. The van der Waals surface area contributed by atoms with Gasteiger partial charge in [0.2, 0.25) is 0 Å². The van der Waals surface area contributed by atoms with E-state index >= 15 is 0 Å². The lowest BCUT2D eigenvalue weighted by Gasteiger charge is -2.04. The zero-order valence-electron chi connectivity index (χ0n) is 16.6. The first-order valence-corrected chi connectivity index (χ1v) is 10.1. The van der Waals surface area contributed by atoms with E-state index < -0.39 is 0 Å². The molecule has 148 valence electrons. The van der Waals surface area contributed by atoms with Gasteiger partial charge in [-0.2, -0.15) is 0 Å². The predicted octanol–water partition coefficient (Wildman–Crippen LogP) is 3.50. The van der Waals surface area contributed by atoms with Crippen LogP contribution in [0.3, 0.4) is 0 Å². The van der Waals surface area contributed by atoms with Crippen molar-refractivity contribution in [2.75, 3.05) is 11.9 Å². The normalized spacial score (nSPS) is 10.9. The fraction of sp³-hybridized carbons (Fsp3) is 0.421. The third-order valence-electron chi connectivity index (χ3n) is 4.05. The summed E-state index contributed by atoms with van der Waals surface area (Å²) in [5.41, 5.74) is 3.54. The molecular weight excluding hydrogens is 374 g/mol. The maximum absolute atomic E-state index is 12.2. The quantitative estimate of drug-likeness (QED) is 0.634. The zero-order valence-corrected chi connectivity index (χ0v) is 17.4. The Balaban J connectivity index is 1.55. The van der Waals surface area contributed by atoms with Gasteiger partial charge in [0, 0.05) is 31.4 Å². The maximum Gasteiger partial charge on any atom is 0.321 e. The number of thiazole rings is 1. The van der Waals surface area contributed by atoms with Crippen LogP contribution in [0.5, 0.6) is 0 Å². The number of nitrogens with one attached hydrogen (secondary N) is 2. The Morgan fingerprint density at radius 3 is 2.79 bits per heavy atom. The molecule has 8 nitrogen and oxygen atoms in total. The Morgan fingerprint density at radius 1 is 1.21 bits per heavy atom. The Morgan fingerprint density at radius 2 is 2.04 bits per heavy atom. The Hall–Kier alpha value is -2.81. The van der Waals surface area contributed by atoms with Crippen LogP contribution in [-0.2, 0) is 13.0 Å². The second kappa shape index (κ2) is 8.92. The SMILES string of the molecule is CCCn1cnc(CCNC(=O)Nc2nc(C)c(-c3cc(C)nc(C)n3)s2)c1. The summed E-state index contributed by atoms with van der Waals surface area (Å²) in [4.78, 5) is 30.7. The molecule has 0 aliphatic rings. The van der Waals surface area contributed by atoms with Crippen molar-refractivity contribution in [1.82, 2.24) is 29.8 Å². The topological polar surface area (TPSA) is 97.6 Å². The highest BCUT2D eigenvalue weighted by Crippen LogP contribution is 2.31. The highest BCUT2D eigenvalue weighted by Gasteiger charge is 2.14. The Kier molecular flexibility index (Phi) is 6.35. The summed E-state index contributed by atoms with van der Waals surface area (Å²) in [5, 5.41) is 6.20. The van der Waals surface area contributed by atoms with Crippen LogP contribution in [0.2, 0.25) is 0 Å². The number of anilines is 1. The van der Waals surface area contributed by atoms with Crippen LogP contribution in [0.1, 0.15) is 36.3 Å². The smallest absolute Gasteiger partial charge is 0.321 e. The number of hydrogen-bond acceptors (Lipinski definition) is 6. The third-order valence-corrected chi connectivity index (χ3v) is 5.15. The zero-order chi connectivity index (χ0) is 20.1. The van der Waals surface area contributed by atoms with E-state index in [9.17, 15) is 4.79 Å². The molecule has 3 aromatic heterocycles. The maximum atomic E-state index is 12.2. The van der Waals surface area contributed by atoms with E-state index in [-0.39, 0.29) is 6.03 Å². The van der Waals surface area contributed by atoms with E-state index in [0.717, 1.165) is 46.4 Å². The molecule has 0 saturated carbocycles. The average molecular weight is 400 g/mol. The minimum Gasteiger partial charge on any atom is -0.337 e. The van der Waals surface area contributed by atoms with E-state index in [2.05, 4.69) is 42.1 Å². The van der Waals surface area contributed by atoms with E-state index in [1.807, 2.05) is 39.4 Å². The van der Waals surface area contributed by atoms with Gasteiger partial charge >= 0.3 is 6.03 Å². The Labute approximate surface area is 168 Å². The lowest BCUT2D eigenvalue weighted by molar-refractivity contribution is 0.252. The molecule has 3 aromatic rings. The van der Waals surface area contributed by atoms with E-state index in [4.69, 9.17) is 0 Å². The molecule has 0 spiro atoms. The number of urea groups is 1. The van der Waals surface area contributed by atoms with E-state index in [1.54, 1.807) is 0 Å². The summed E-state index contributed by atoms with van der Waals surface area (Å²) in [6.45, 7) is 9.31. The van der Waals surface area contributed by atoms with Crippen LogP contribution in [-0.4, -0.2) is 37.1 Å². The van der Waals surface area contributed by atoms with Crippen LogP contribution in [0.25, 0.3) is 10.6 Å². The van der Waals surface area contributed by atoms with Gasteiger partial charge in [-0.05, 0) is 33.3 Å². The highest BCUT2D eigenvalue weighted by atomic mass is 32.1. The van der Waals surface area contributed by atoms with Crippen LogP contribution in [0, 0.1) is 20.8 Å². The number of aromatic nitrogens is 5. The van der Waals surface area contributed by atoms with Crippen LogP contribution in [0.15, 0.2) is 18.6 Å². The van der Waals surface area contributed by atoms with Gasteiger partial charge < -0.3 is 9.88 Å². The summed E-state index contributed by atoms with van der Waals surface area (Å²) in [5.74, 6) is 0.719. The molecule has 2 N–H and O–H groups in total. The fourth-order valence-corrected chi connectivity index (χ4v) is 3.80. The first-order valence-electron chi connectivity index (χ1n) is 9.30. The monoisotopic (exact) mass is 399 g/mol. The molecule has 0 fully saturated rings. The van der Waals surface area contributed by atoms with Crippen LogP contribution >= 0.6 is 11.3 Å². The first kappa shape index (κ1) is 19.9. The number of carbonyl (C=O) groups excluding carboxylic acids is 1. The number of amides is 2. The number of rotatable bonds is 7. The second-order valence-corrected chi connectivity index (χ2v) is 7.61.